The van der Waals surface area contributed by atoms with Crippen LogP contribution in [0.5, 0.6) is 0 Å². The Morgan fingerprint density at radius 2 is 2.00 bits per heavy atom. The number of fused-ring (bicyclic) bond motifs is 1. The lowest BCUT2D eigenvalue weighted by Crippen LogP contribution is -1.90. The summed E-state index contributed by atoms with van der Waals surface area (Å²) in [5.41, 5.74) is 10.00. The largest absolute Gasteiger partial charge is 0.399 e. The first-order valence-corrected chi connectivity index (χ1v) is 7.39. The summed E-state index contributed by atoms with van der Waals surface area (Å²) < 4.78 is 0. The minimum absolute atomic E-state index is 0.728. The van der Waals surface area contributed by atoms with E-state index in [1.165, 1.54) is 11.1 Å². The third-order valence-electron chi connectivity index (χ3n) is 3.08. The molecule has 0 bridgehead atoms. The summed E-state index contributed by atoms with van der Waals surface area (Å²) in [5.74, 6) is 0.901. The van der Waals surface area contributed by atoms with E-state index < -0.39 is 0 Å². The summed E-state index contributed by atoms with van der Waals surface area (Å²) >= 11 is 1.73. The van der Waals surface area contributed by atoms with Gasteiger partial charge in [0.1, 0.15) is 11.4 Å². The zero-order valence-electron chi connectivity index (χ0n) is 11.2. The van der Waals surface area contributed by atoms with Crippen LogP contribution in [-0.4, -0.2) is 9.97 Å². The maximum absolute atomic E-state index is 5.79. The molecule has 0 aliphatic heterocycles. The van der Waals surface area contributed by atoms with E-state index in [0.29, 0.717) is 0 Å². The fourth-order valence-corrected chi connectivity index (χ4v) is 3.05. The molecule has 0 aliphatic rings. The van der Waals surface area contributed by atoms with Crippen LogP contribution in [0.15, 0.2) is 53.8 Å². The van der Waals surface area contributed by atoms with Crippen molar-refractivity contribution in [2.45, 2.75) is 17.7 Å². The molecule has 0 atom stereocenters. The van der Waals surface area contributed by atoms with Crippen molar-refractivity contribution in [3.05, 3.63) is 59.9 Å². The van der Waals surface area contributed by atoms with Gasteiger partial charge in [-0.05, 0) is 30.7 Å². The van der Waals surface area contributed by atoms with E-state index in [1.807, 2.05) is 18.2 Å². The van der Waals surface area contributed by atoms with Crippen molar-refractivity contribution in [3.8, 4) is 0 Å². The Morgan fingerprint density at radius 3 is 2.85 bits per heavy atom. The maximum Gasteiger partial charge on any atom is 0.117 e. The van der Waals surface area contributed by atoms with Crippen molar-refractivity contribution >= 4 is 28.4 Å². The lowest BCUT2D eigenvalue weighted by atomic mass is 10.2. The number of nitrogens with two attached hydrogens (primary N) is 1. The van der Waals surface area contributed by atoms with Gasteiger partial charge in [-0.2, -0.15) is 0 Å². The van der Waals surface area contributed by atoms with Crippen LogP contribution in [0.3, 0.4) is 0 Å². The zero-order valence-corrected chi connectivity index (χ0v) is 12.0. The first-order valence-electron chi connectivity index (χ1n) is 6.41. The van der Waals surface area contributed by atoms with Crippen molar-refractivity contribution in [2.24, 2.45) is 0 Å². The standard InChI is InChI=1S/C16H15N3S/c1-11-3-2-4-12(7-11)9-20-16-14-6-5-13(17)8-15(14)18-10-19-16/h2-8,10H,9,17H2,1H3. The molecule has 0 fully saturated rings. The SMILES string of the molecule is Cc1cccc(CSc2ncnc3cc(N)ccc23)c1. The number of rotatable bonds is 3. The number of aromatic nitrogens is 2. The molecule has 3 aromatic rings. The minimum atomic E-state index is 0.728. The highest BCUT2D eigenvalue weighted by atomic mass is 32.2. The predicted octanol–water partition coefficient (Wildman–Crippen LogP) is 3.81. The molecule has 0 amide bonds. The van der Waals surface area contributed by atoms with Crippen LogP contribution in [0.25, 0.3) is 10.9 Å². The Kier molecular flexibility index (Phi) is 3.56. The van der Waals surface area contributed by atoms with Crippen LogP contribution in [-0.2, 0) is 5.75 Å². The average molecular weight is 281 g/mol. The Bertz CT molecular complexity index is 756. The Balaban J connectivity index is 1.87. The van der Waals surface area contributed by atoms with E-state index in [1.54, 1.807) is 18.1 Å². The lowest BCUT2D eigenvalue weighted by Gasteiger charge is -2.06. The number of anilines is 1. The Hall–Kier alpha value is -2.07. The van der Waals surface area contributed by atoms with Crippen LogP contribution in [0.1, 0.15) is 11.1 Å². The molecule has 1 heterocycles. The molecule has 2 aromatic carbocycles. The molecule has 0 spiro atoms. The second-order valence-corrected chi connectivity index (χ2v) is 5.70. The van der Waals surface area contributed by atoms with Gasteiger partial charge < -0.3 is 5.73 Å². The molecule has 0 saturated heterocycles. The molecule has 100 valence electrons. The molecule has 0 unspecified atom stereocenters. The van der Waals surface area contributed by atoms with Crippen LogP contribution in [0, 0.1) is 6.92 Å². The van der Waals surface area contributed by atoms with Gasteiger partial charge in [0.05, 0.1) is 5.52 Å². The third kappa shape index (κ3) is 2.75. The van der Waals surface area contributed by atoms with Gasteiger partial charge in [0.2, 0.25) is 0 Å². The fourth-order valence-electron chi connectivity index (χ4n) is 2.12. The number of aryl methyl sites for hydroxylation is 1. The molecule has 0 aliphatic carbocycles. The number of thioether (sulfide) groups is 1. The van der Waals surface area contributed by atoms with Gasteiger partial charge in [0.15, 0.2) is 0 Å². The molecule has 20 heavy (non-hydrogen) atoms. The summed E-state index contributed by atoms with van der Waals surface area (Å²) in [6.45, 7) is 2.11. The maximum atomic E-state index is 5.79. The highest BCUT2D eigenvalue weighted by molar-refractivity contribution is 7.98. The topological polar surface area (TPSA) is 51.8 Å². The monoisotopic (exact) mass is 281 g/mol. The number of nitrogens with zero attached hydrogens (tertiary/aromatic N) is 2. The second kappa shape index (κ2) is 5.51. The fraction of sp³-hybridized carbons (Fsp3) is 0.125. The van der Waals surface area contributed by atoms with E-state index in [2.05, 4.69) is 41.2 Å². The molecule has 3 rings (SSSR count). The van der Waals surface area contributed by atoms with Gasteiger partial charge in [-0.25, -0.2) is 9.97 Å². The Labute approximate surface area is 122 Å². The molecular formula is C16H15N3S. The lowest BCUT2D eigenvalue weighted by molar-refractivity contribution is 1.10. The molecule has 0 radical (unpaired) electrons. The minimum Gasteiger partial charge on any atom is -0.399 e. The predicted molar refractivity (Wildman–Crippen MR) is 84.7 cm³/mol. The van der Waals surface area contributed by atoms with Gasteiger partial charge in [-0.3, -0.25) is 0 Å². The molecule has 3 nitrogen and oxygen atoms in total. The van der Waals surface area contributed by atoms with Crippen LogP contribution >= 0.6 is 11.8 Å². The van der Waals surface area contributed by atoms with E-state index in [4.69, 9.17) is 5.73 Å². The van der Waals surface area contributed by atoms with Crippen molar-refractivity contribution < 1.29 is 0 Å². The third-order valence-corrected chi connectivity index (χ3v) is 4.16. The molecule has 4 heteroatoms. The van der Waals surface area contributed by atoms with E-state index >= 15 is 0 Å². The van der Waals surface area contributed by atoms with E-state index in [-0.39, 0.29) is 0 Å². The van der Waals surface area contributed by atoms with Gasteiger partial charge in [0.25, 0.3) is 0 Å². The highest BCUT2D eigenvalue weighted by Gasteiger charge is 2.05. The molecule has 2 N–H and O–H groups in total. The highest BCUT2D eigenvalue weighted by Crippen LogP contribution is 2.28. The number of hydrogen-bond donors (Lipinski definition) is 1. The smallest absolute Gasteiger partial charge is 0.117 e. The Morgan fingerprint density at radius 1 is 1.10 bits per heavy atom. The summed E-state index contributed by atoms with van der Waals surface area (Å²) in [6, 6.07) is 14.3. The van der Waals surface area contributed by atoms with Crippen LogP contribution in [0.2, 0.25) is 0 Å². The van der Waals surface area contributed by atoms with Crippen molar-refractivity contribution in [1.82, 2.24) is 9.97 Å². The van der Waals surface area contributed by atoms with Crippen LogP contribution < -0.4 is 5.73 Å². The van der Waals surface area contributed by atoms with E-state index in [9.17, 15) is 0 Å². The molecule has 1 aromatic heterocycles. The summed E-state index contributed by atoms with van der Waals surface area (Å²) in [6.07, 6.45) is 1.60. The average Bonchev–Trinajstić information content (AvgIpc) is 2.44. The molecule has 0 saturated carbocycles. The van der Waals surface area contributed by atoms with Gasteiger partial charge in [0, 0.05) is 16.8 Å². The zero-order chi connectivity index (χ0) is 13.9. The quantitative estimate of drug-likeness (QED) is 0.450. The van der Waals surface area contributed by atoms with Crippen molar-refractivity contribution in [3.63, 3.8) is 0 Å². The van der Waals surface area contributed by atoms with Gasteiger partial charge in [-0.1, -0.05) is 29.8 Å². The number of benzene rings is 2. The molecular weight excluding hydrogens is 266 g/mol. The summed E-state index contributed by atoms with van der Waals surface area (Å²) in [4.78, 5) is 8.65. The van der Waals surface area contributed by atoms with E-state index in [0.717, 1.165) is 27.4 Å². The van der Waals surface area contributed by atoms with Crippen molar-refractivity contribution in [2.75, 3.05) is 5.73 Å². The summed E-state index contributed by atoms with van der Waals surface area (Å²) in [5, 5.41) is 2.05. The first kappa shape index (κ1) is 12.9. The van der Waals surface area contributed by atoms with Crippen molar-refractivity contribution in [1.29, 1.82) is 0 Å². The van der Waals surface area contributed by atoms with Gasteiger partial charge >= 0.3 is 0 Å². The van der Waals surface area contributed by atoms with Crippen LogP contribution in [0.4, 0.5) is 5.69 Å². The summed E-state index contributed by atoms with van der Waals surface area (Å²) in [7, 11) is 0. The number of hydrogen-bond acceptors (Lipinski definition) is 4. The second-order valence-electron chi connectivity index (χ2n) is 4.73. The number of nitrogen functional groups attached to an aromatic ring is 1. The first-order chi connectivity index (χ1) is 9.72. The normalized spacial score (nSPS) is 10.8. The van der Waals surface area contributed by atoms with Gasteiger partial charge in [-0.15, -0.1) is 11.8 Å².